The molecule has 0 unspecified atom stereocenters. The first-order valence-electron chi connectivity index (χ1n) is 8.20. The standard InChI is InChI=1S/C22H18N2O/c1-15(23)21-19-9-5-6-10-20(19)24(17-11-13-18(25)14-12-17)22(21)16-7-3-2-4-8-16/h2-14,23,25H,1H3. The van der Waals surface area contributed by atoms with Crippen LogP contribution in [0.15, 0.2) is 78.9 Å². The lowest BCUT2D eigenvalue weighted by Gasteiger charge is -2.13. The molecule has 0 saturated heterocycles. The molecule has 1 heterocycles. The number of phenols is 1. The van der Waals surface area contributed by atoms with Crippen molar-refractivity contribution < 1.29 is 5.11 Å². The summed E-state index contributed by atoms with van der Waals surface area (Å²) in [7, 11) is 0. The van der Waals surface area contributed by atoms with Crippen molar-refractivity contribution >= 4 is 16.6 Å². The van der Waals surface area contributed by atoms with Gasteiger partial charge in [-0.2, -0.15) is 0 Å². The minimum atomic E-state index is 0.241. The molecule has 0 aliphatic carbocycles. The van der Waals surface area contributed by atoms with Crippen molar-refractivity contribution in [3.05, 3.63) is 84.4 Å². The van der Waals surface area contributed by atoms with Gasteiger partial charge in [-0.25, -0.2) is 0 Å². The van der Waals surface area contributed by atoms with Crippen molar-refractivity contribution in [2.24, 2.45) is 0 Å². The normalized spacial score (nSPS) is 10.9. The number of rotatable bonds is 3. The van der Waals surface area contributed by atoms with Crippen LogP contribution in [0.25, 0.3) is 27.8 Å². The molecule has 0 aliphatic heterocycles. The summed E-state index contributed by atoms with van der Waals surface area (Å²) in [5.74, 6) is 0.241. The molecule has 1 aromatic heterocycles. The molecule has 4 aromatic rings. The zero-order valence-corrected chi connectivity index (χ0v) is 13.9. The van der Waals surface area contributed by atoms with Crippen LogP contribution in [0.2, 0.25) is 0 Å². The topological polar surface area (TPSA) is 49.0 Å². The van der Waals surface area contributed by atoms with Crippen molar-refractivity contribution in [2.45, 2.75) is 6.92 Å². The Hall–Kier alpha value is -3.33. The Morgan fingerprint density at radius 1 is 0.840 bits per heavy atom. The van der Waals surface area contributed by atoms with E-state index in [0.717, 1.165) is 33.4 Å². The largest absolute Gasteiger partial charge is 0.508 e. The first-order valence-corrected chi connectivity index (χ1v) is 8.20. The van der Waals surface area contributed by atoms with Gasteiger partial charge in [-0.3, -0.25) is 0 Å². The number of nitrogens with zero attached hydrogens (tertiary/aromatic N) is 1. The summed E-state index contributed by atoms with van der Waals surface area (Å²) < 4.78 is 2.16. The van der Waals surface area contributed by atoms with Gasteiger partial charge in [-0.1, -0.05) is 48.5 Å². The van der Waals surface area contributed by atoms with E-state index < -0.39 is 0 Å². The Morgan fingerprint density at radius 2 is 1.48 bits per heavy atom. The van der Waals surface area contributed by atoms with E-state index in [1.807, 2.05) is 49.4 Å². The molecular weight excluding hydrogens is 308 g/mol. The van der Waals surface area contributed by atoms with Crippen LogP contribution in [0.4, 0.5) is 0 Å². The average Bonchev–Trinajstić information content (AvgIpc) is 2.98. The highest BCUT2D eigenvalue weighted by Crippen LogP contribution is 2.36. The van der Waals surface area contributed by atoms with Crippen LogP contribution in [-0.2, 0) is 0 Å². The molecule has 4 rings (SSSR count). The monoisotopic (exact) mass is 326 g/mol. The SMILES string of the molecule is CC(=N)c1c(-c2ccccc2)n(-c2ccc(O)cc2)c2ccccc12. The van der Waals surface area contributed by atoms with Crippen molar-refractivity contribution in [3.8, 4) is 22.7 Å². The molecule has 0 amide bonds. The summed E-state index contributed by atoms with van der Waals surface area (Å²) in [6.07, 6.45) is 0. The minimum absolute atomic E-state index is 0.241. The number of fused-ring (bicyclic) bond motifs is 1. The molecule has 0 saturated carbocycles. The Labute approximate surface area is 146 Å². The van der Waals surface area contributed by atoms with Crippen molar-refractivity contribution in [1.29, 1.82) is 5.41 Å². The van der Waals surface area contributed by atoms with Crippen LogP contribution in [0.1, 0.15) is 12.5 Å². The fourth-order valence-electron chi connectivity index (χ4n) is 3.36. The predicted molar refractivity (Wildman–Crippen MR) is 103 cm³/mol. The van der Waals surface area contributed by atoms with Gasteiger partial charge in [0.05, 0.1) is 11.2 Å². The Kier molecular flexibility index (Phi) is 3.62. The van der Waals surface area contributed by atoms with Gasteiger partial charge in [0.1, 0.15) is 5.75 Å². The van der Waals surface area contributed by atoms with Crippen molar-refractivity contribution in [2.75, 3.05) is 0 Å². The number of nitrogens with one attached hydrogen (secondary N) is 1. The molecule has 3 heteroatoms. The lowest BCUT2D eigenvalue weighted by atomic mass is 10.0. The molecule has 0 atom stereocenters. The molecule has 0 aliphatic rings. The van der Waals surface area contributed by atoms with Gasteiger partial charge in [-0.15, -0.1) is 0 Å². The Bertz CT molecular complexity index is 1060. The van der Waals surface area contributed by atoms with Gasteiger partial charge in [0.25, 0.3) is 0 Å². The molecule has 0 spiro atoms. The third kappa shape index (κ3) is 2.50. The number of para-hydroxylation sites is 1. The third-order valence-corrected chi connectivity index (χ3v) is 4.40. The highest BCUT2D eigenvalue weighted by molar-refractivity contribution is 6.14. The van der Waals surface area contributed by atoms with E-state index in [9.17, 15) is 5.11 Å². The first kappa shape index (κ1) is 15.2. The van der Waals surface area contributed by atoms with Crippen LogP contribution >= 0.6 is 0 Å². The molecule has 0 fully saturated rings. The molecule has 3 nitrogen and oxygen atoms in total. The lowest BCUT2D eigenvalue weighted by Crippen LogP contribution is -2.00. The number of phenolic OH excluding ortho intramolecular Hbond substituents is 1. The van der Waals surface area contributed by atoms with E-state index in [1.165, 1.54) is 0 Å². The molecular formula is C22H18N2O. The second kappa shape index (κ2) is 5.95. The highest BCUT2D eigenvalue weighted by atomic mass is 16.3. The van der Waals surface area contributed by atoms with Crippen LogP contribution < -0.4 is 0 Å². The summed E-state index contributed by atoms with van der Waals surface area (Å²) in [6, 6.07) is 25.5. The van der Waals surface area contributed by atoms with E-state index in [2.05, 4.69) is 28.8 Å². The van der Waals surface area contributed by atoms with Crippen LogP contribution in [0.5, 0.6) is 5.75 Å². The highest BCUT2D eigenvalue weighted by Gasteiger charge is 2.20. The molecule has 122 valence electrons. The first-order chi connectivity index (χ1) is 12.2. The number of hydrogen-bond donors (Lipinski definition) is 2. The fraction of sp³-hybridized carbons (Fsp3) is 0.0455. The van der Waals surface area contributed by atoms with Gasteiger partial charge < -0.3 is 15.1 Å². The number of aromatic nitrogens is 1. The zero-order valence-electron chi connectivity index (χ0n) is 13.9. The van der Waals surface area contributed by atoms with E-state index in [0.29, 0.717) is 5.71 Å². The lowest BCUT2D eigenvalue weighted by molar-refractivity contribution is 0.475. The molecule has 0 bridgehead atoms. The van der Waals surface area contributed by atoms with Crippen LogP contribution in [-0.4, -0.2) is 15.4 Å². The van der Waals surface area contributed by atoms with Gasteiger partial charge in [0, 0.05) is 22.3 Å². The number of benzene rings is 3. The summed E-state index contributed by atoms with van der Waals surface area (Å²) in [5, 5.41) is 19.1. The number of hydrogen-bond acceptors (Lipinski definition) is 2. The summed E-state index contributed by atoms with van der Waals surface area (Å²) in [5.41, 5.74) is 5.55. The zero-order chi connectivity index (χ0) is 17.4. The van der Waals surface area contributed by atoms with Crippen LogP contribution in [0, 0.1) is 5.41 Å². The molecule has 2 N–H and O–H groups in total. The van der Waals surface area contributed by atoms with E-state index in [-0.39, 0.29) is 5.75 Å². The Morgan fingerprint density at radius 3 is 2.16 bits per heavy atom. The van der Waals surface area contributed by atoms with E-state index in [4.69, 9.17) is 5.41 Å². The average molecular weight is 326 g/mol. The Balaban J connectivity index is 2.16. The van der Waals surface area contributed by atoms with E-state index in [1.54, 1.807) is 12.1 Å². The molecule has 25 heavy (non-hydrogen) atoms. The fourth-order valence-corrected chi connectivity index (χ4v) is 3.36. The van der Waals surface area contributed by atoms with Crippen molar-refractivity contribution in [1.82, 2.24) is 4.57 Å². The van der Waals surface area contributed by atoms with Gasteiger partial charge in [-0.05, 0) is 42.8 Å². The minimum Gasteiger partial charge on any atom is -0.508 e. The predicted octanol–water partition coefficient (Wildman–Crippen LogP) is 5.39. The summed E-state index contributed by atoms with van der Waals surface area (Å²) in [6.45, 7) is 1.83. The molecule has 0 radical (unpaired) electrons. The smallest absolute Gasteiger partial charge is 0.115 e. The quantitative estimate of drug-likeness (QED) is 0.487. The second-order valence-corrected chi connectivity index (χ2v) is 6.08. The van der Waals surface area contributed by atoms with Crippen molar-refractivity contribution in [3.63, 3.8) is 0 Å². The molecule has 3 aromatic carbocycles. The van der Waals surface area contributed by atoms with Gasteiger partial charge >= 0.3 is 0 Å². The summed E-state index contributed by atoms with van der Waals surface area (Å²) >= 11 is 0. The van der Waals surface area contributed by atoms with Gasteiger partial charge in [0.15, 0.2) is 0 Å². The second-order valence-electron chi connectivity index (χ2n) is 6.08. The maximum Gasteiger partial charge on any atom is 0.115 e. The maximum absolute atomic E-state index is 9.65. The number of aromatic hydroxyl groups is 1. The maximum atomic E-state index is 9.65. The van der Waals surface area contributed by atoms with Gasteiger partial charge in [0.2, 0.25) is 0 Å². The third-order valence-electron chi connectivity index (χ3n) is 4.40. The summed E-state index contributed by atoms with van der Waals surface area (Å²) in [4.78, 5) is 0. The van der Waals surface area contributed by atoms with E-state index >= 15 is 0 Å². The van der Waals surface area contributed by atoms with Crippen LogP contribution in [0.3, 0.4) is 0 Å².